The lowest BCUT2D eigenvalue weighted by Gasteiger charge is -2.19. The second-order valence-electron chi connectivity index (χ2n) is 5.21. The summed E-state index contributed by atoms with van der Waals surface area (Å²) in [5, 5.41) is 8.18. The highest BCUT2D eigenvalue weighted by atomic mass is 32.1. The van der Waals surface area contributed by atoms with Gasteiger partial charge in [0.2, 0.25) is 0 Å². The van der Waals surface area contributed by atoms with Crippen LogP contribution in [0.25, 0.3) is 20.7 Å². The molecule has 0 saturated carbocycles. The number of hydrogen-bond acceptors (Lipinski definition) is 4. The van der Waals surface area contributed by atoms with Crippen LogP contribution in [0.4, 0.5) is 0 Å². The van der Waals surface area contributed by atoms with Crippen molar-refractivity contribution in [1.29, 1.82) is 0 Å². The van der Waals surface area contributed by atoms with E-state index in [-0.39, 0.29) is 0 Å². The Morgan fingerprint density at radius 3 is 3.10 bits per heavy atom. The molecule has 1 aliphatic rings. The van der Waals surface area contributed by atoms with Gasteiger partial charge in [0.15, 0.2) is 0 Å². The Labute approximate surface area is 126 Å². The maximum absolute atomic E-state index is 4.96. The topological polar surface area (TPSA) is 24.9 Å². The number of benzene rings is 1. The minimum absolute atomic E-state index is 0.439. The Morgan fingerprint density at radius 1 is 1.30 bits per heavy atom. The third-order valence-electron chi connectivity index (χ3n) is 4.01. The molecule has 102 valence electrons. The smallest absolute Gasteiger partial charge is 0.125 e. The summed E-state index contributed by atoms with van der Waals surface area (Å²) in [5.74, 6) is 0. The molecule has 2 aromatic heterocycles. The van der Waals surface area contributed by atoms with Crippen LogP contribution in [0.1, 0.15) is 29.5 Å². The summed E-state index contributed by atoms with van der Waals surface area (Å²) < 4.78 is 1.35. The lowest BCUT2D eigenvalue weighted by Crippen LogP contribution is -2.21. The van der Waals surface area contributed by atoms with E-state index in [1.165, 1.54) is 50.5 Å². The number of nitrogens with one attached hydrogen (secondary N) is 1. The van der Waals surface area contributed by atoms with Gasteiger partial charge in [-0.3, -0.25) is 0 Å². The average Bonchev–Trinajstić information content (AvgIpc) is 3.10. The van der Waals surface area contributed by atoms with Crippen LogP contribution in [0, 0.1) is 0 Å². The third kappa shape index (κ3) is 1.91. The fourth-order valence-corrected chi connectivity index (χ4v) is 5.17. The van der Waals surface area contributed by atoms with Crippen molar-refractivity contribution < 1.29 is 0 Å². The summed E-state index contributed by atoms with van der Waals surface area (Å²) in [4.78, 5) is 6.43. The molecule has 1 unspecified atom stereocenters. The SMILES string of the molecule is CNC1CCCc2sc(-c3csc4ccccc34)nc21. The average molecular weight is 300 g/mol. The number of nitrogens with zero attached hydrogens (tertiary/aromatic N) is 1. The number of thiazole rings is 1. The summed E-state index contributed by atoms with van der Waals surface area (Å²) in [6.07, 6.45) is 3.66. The van der Waals surface area contributed by atoms with E-state index in [9.17, 15) is 0 Å². The molecule has 0 bridgehead atoms. The molecule has 4 rings (SSSR count). The highest BCUT2D eigenvalue weighted by molar-refractivity contribution is 7.19. The molecule has 2 heterocycles. The standard InChI is InChI=1S/C16H16N2S2/c1-17-12-6-4-8-14-15(12)18-16(20-14)11-9-19-13-7-3-2-5-10(11)13/h2-3,5,7,9,12,17H,4,6,8H2,1H3. The molecular weight excluding hydrogens is 284 g/mol. The molecule has 0 saturated heterocycles. The summed E-state index contributed by atoms with van der Waals surface area (Å²) in [6.45, 7) is 0. The van der Waals surface area contributed by atoms with Gasteiger partial charge in [-0.05, 0) is 32.4 Å². The molecule has 1 aromatic carbocycles. The maximum Gasteiger partial charge on any atom is 0.125 e. The number of hydrogen-bond donors (Lipinski definition) is 1. The molecule has 4 heteroatoms. The molecule has 0 spiro atoms. The largest absolute Gasteiger partial charge is 0.312 e. The van der Waals surface area contributed by atoms with E-state index in [2.05, 4.69) is 35.0 Å². The van der Waals surface area contributed by atoms with E-state index in [0.29, 0.717) is 6.04 Å². The predicted octanol–water partition coefficient (Wildman–Crippen LogP) is 4.62. The Kier molecular flexibility index (Phi) is 3.10. The quantitative estimate of drug-likeness (QED) is 0.747. The minimum Gasteiger partial charge on any atom is -0.312 e. The maximum atomic E-state index is 4.96. The van der Waals surface area contributed by atoms with Gasteiger partial charge in [0, 0.05) is 25.9 Å². The number of aromatic nitrogens is 1. The number of aryl methyl sites for hydroxylation is 1. The fourth-order valence-electron chi connectivity index (χ4n) is 2.96. The molecule has 0 radical (unpaired) electrons. The molecule has 1 aliphatic carbocycles. The Bertz CT molecular complexity index is 757. The van der Waals surface area contributed by atoms with Crippen LogP contribution < -0.4 is 5.32 Å². The van der Waals surface area contributed by atoms with Gasteiger partial charge in [0.05, 0.1) is 11.7 Å². The second-order valence-corrected chi connectivity index (χ2v) is 7.20. The van der Waals surface area contributed by atoms with Gasteiger partial charge in [0.1, 0.15) is 5.01 Å². The summed E-state index contributed by atoms with van der Waals surface area (Å²) in [5.41, 5.74) is 2.59. The number of rotatable bonds is 2. The van der Waals surface area contributed by atoms with Crippen molar-refractivity contribution >= 4 is 32.8 Å². The van der Waals surface area contributed by atoms with Gasteiger partial charge in [-0.2, -0.15) is 0 Å². The van der Waals surface area contributed by atoms with Crippen LogP contribution in [-0.4, -0.2) is 12.0 Å². The highest BCUT2D eigenvalue weighted by Gasteiger charge is 2.24. The zero-order valence-corrected chi connectivity index (χ0v) is 13.0. The highest BCUT2D eigenvalue weighted by Crippen LogP contribution is 2.40. The molecule has 1 N–H and O–H groups in total. The molecule has 3 aromatic rings. The first-order valence-corrected chi connectivity index (χ1v) is 8.70. The van der Waals surface area contributed by atoms with Crippen LogP contribution in [-0.2, 0) is 6.42 Å². The Hall–Kier alpha value is -1.23. The molecule has 0 amide bonds. The van der Waals surface area contributed by atoms with Gasteiger partial charge in [-0.25, -0.2) is 4.98 Å². The minimum atomic E-state index is 0.439. The molecule has 20 heavy (non-hydrogen) atoms. The first-order valence-electron chi connectivity index (χ1n) is 7.00. The monoisotopic (exact) mass is 300 g/mol. The van der Waals surface area contributed by atoms with Gasteiger partial charge in [0.25, 0.3) is 0 Å². The zero-order valence-electron chi connectivity index (χ0n) is 11.3. The van der Waals surface area contributed by atoms with Crippen LogP contribution >= 0.6 is 22.7 Å². The first-order chi connectivity index (χ1) is 9.86. The predicted molar refractivity (Wildman–Crippen MR) is 87.7 cm³/mol. The Morgan fingerprint density at radius 2 is 2.20 bits per heavy atom. The van der Waals surface area contributed by atoms with Crippen molar-refractivity contribution in [2.24, 2.45) is 0 Å². The number of fused-ring (bicyclic) bond motifs is 2. The van der Waals surface area contributed by atoms with Gasteiger partial charge >= 0.3 is 0 Å². The Balaban J connectivity index is 1.85. The van der Waals surface area contributed by atoms with Crippen molar-refractivity contribution in [2.75, 3.05) is 7.05 Å². The van der Waals surface area contributed by atoms with Crippen LogP contribution in [0.15, 0.2) is 29.6 Å². The lowest BCUT2D eigenvalue weighted by molar-refractivity contribution is 0.490. The van der Waals surface area contributed by atoms with Crippen molar-refractivity contribution in [1.82, 2.24) is 10.3 Å². The molecule has 0 aliphatic heterocycles. The van der Waals surface area contributed by atoms with E-state index in [4.69, 9.17) is 4.98 Å². The van der Waals surface area contributed by atoms with E-state index in [1.807, 2.05) is 29.7 Å². The normalized spacial score (nSPS) is 18.4. The zero-order chi connectivity index (χ0) is 13.5. The van der Waals surface area contributed by atoms with E-state index in [1.54, 1.807) is 0 Å². The summed E-state index contributed by atoms with van der Waals surface area (Å²) in [6, 6.07) is 9.05. The third-order valence-corrected chi connectivity index (χ3v) is 6.14. The van der Waals surface area contributed by atoms with Crippen molar-refractivity contribution in [3.05, 3.63) is 40.2 Å². The van der Waals surface area contributed by atoms with Crippen LogP contribution in [0.3, 0.4) is 0 Å². The van der Waals surface area contributed by atoms with E-state index in [0.717, 1.165) is 0 Å². The van der Waals surface area contributed by atoms with E-state index < -0.39 is 0 Å². The van der Waals surface area contributed by atoms with E-state index >= 15 is 0 Å². The van der Waals surface area contributed by atoms with Gasteiger partial charge in [-0.1, -0.05) is 18.2 Å². The molecule has 0 fully saturated rings. The lowest BCUT2D eigenvalue weighted by atomic mass is 9.98. The van der Waals surface area contributed by atoms with Crippen LogP contribution in [0.2, 0.25) is 0 Å². The number of thiophene rings is 1. The first kappa shape index (κ1) is 12.5. The van der Waals surface area contributed by atoms with Gasteiger partial charge in [-0.15, -0.1) is 22.7 Å². The second kappa shape index (κ2) is 4.95. The molecular formula is C16H16N2S2. The summed E-state index contributed by atoms with van der Waals surface area (Å²) >= 11 is 3.69. The fraction of sp³-hybridized carbons (Fsp3) is 0.312. The molecule has 1 atom stereocenters. The van der Waals surface area contributed by atoms with Crippen molar-refractivity contribution in [3.63, 3.8) is 0 Å². The summed E-state index contributed by atoms with van der Waals surface area (Å²) in [7, 11) is 2.04. The van der Waals surface area contributed by atoms with Gasteiger partial charge < -0.3 is 5.32 Å². The van der Waals surface area contributed by atoms with Crippen LogP contribution in [0.5, 0.6) is 0 Å². The molecule has 2 nitrogen and oxygen atoms in total. The van der Waals surface area contributed by atoms with Crippen molar-refractivity contribution in [2.45, 2.75) is 25.3 Å². The van der Waals surface area contributed by atoms with Crippen molar-refractivity contribution in [3.8, 4) is 10.6 Å².